The van der Waals surface area contributed by atoms with Gasteiger partial charge in [-0.1, -0.05) is 23.7 Å². The number of benzene rings is 1. The highest BCUT2D eigenvalue weighted by Crippen LogP contribution is 2.47. The second-order valence-corrected chi connectivity index (χ2v) is 8.07. The van der Waals surface area contributed by atoms with E-state index in [0.29, 0.717) is 33.5 Å². The summed E-state index contributed by atoms with van der Waals surface area (Å²) < 4.78 is 8.67. The maximum absolute atomic E-state index is 13.4. The van der Waals surface area contributed by atoms with Crippen LogP contribution in [0.1, 0.15) is 38.6 Å². The first-order chi connectivity index (χ1) is 13.4. The van der Waals surface area contributed by atoms with Crippen LogP contribution in [0.2, 0.25) is 5.02 Å². The molecule has 0 saturated heterocycles. The summed E-state index contributed by atoms with van der Waals surface area (Å²) in [6.07, 6.45) is 3.58. The summed E-state index contributed by atoms with van der Waals surface area (Å²) in [6.45, 7) is 3.66. The molecule has 9 heteroatoms. The van der Waals surface area contributed by atoms with Gasteiger partial charge in [0.2, 0.25) is 11.7 Å². The molecule has 1 aliphatic carbocycles. The van der Waals surface area contributed by atoms with E-state index in [1.807, 2.05) is 6.07 Å². The molecule has 144 valence electrons. The van der Waals surface area contributed by atoms with Crippen LogP contribution in [0.4, 0.5) is 0 Å². The number of aromatic nitrogens is 5. The molecule has 5 rings (SSSR count). The fraction of sp³-hybridized carbons (Fsp3) is 0.368. The Morgan fingerprint density at radius 2 is 2.14 bits per heavy atom. The van der Waals surface area contributed by atoms with Crippen molar-refractivity contribution in [3.8, 4) is 11.5 Å². The Labute approximate surface area is 164 Å². The van der Waals surface area contributed by atoms with Crippen molar-refractivity contribution < 1.29 is 9.63 Å². The predicted molar refractivity (Wildman–Crippen MR) is 104 cm³/mol. The molecule has 28 heavy (non-hydrogen) atoms. The van der Waals surface area contributed by atoms with Gasteiger partial charge in [-0.25, -0.2) is 4.98 Å². The minimum absolute atomic E-state index is 0.0736. The zero-order valence-electron chi connectivity index (χ0n) is 15.4. The number of halogens is 1. The van der Waals surface area contributed by atoms with Crippen LogP contribution in [0, 0.1) is 0 Å². The van der Waals surface area contributed by atoms with Crippen molar-refractivity contribution in [1.82, 2.24) is 24.1 Å². The van der Waals surface area contributed by atoms with E-state index in [1.165, 1.54) is 4.57 Å². The van der Waals surface area contributed by atoms with E-state index in [4.69, 9.17) is 16.1 Å². The van der Waals surface area contributed by atoms with Crippen LogP contribution in [-0.2, 0) is 5.41 Å². The molecule has 1 aromatic carbocycles. The van der Waals surface area contributed by atoms with Crippen molar-refractivity contribution in [3.05, 3.63) is 45.8 Å². The van der Waals surface area contributed by atoms with Crippen LogP contribution in [0.15, 0.2) is 33.8 Å². The highest BCUT2D eigenvalue weighted by atomic mass is 35.5. The topological polar surface area (TPSA) is 98.5 Å². The third kappa shape index (κ3) is 2.41. The Balaban J connectivity index is 1.83. The summed E-state index contributed by atoms with van der Waals surface area (Å²) >= 11 is 6.16. The lowest BCUT2D eigenvalue weighted by Crippen LogP contribution is -2.27. The first-order valence-electron chi connectivity index (χ1n) is 9.09. The van der Waals surface area contributed by atoms with Crippen LogP contribution in [0.25, 0.3) is 28.1 Å². The van der Waals surface area contributed by atoms with Crippen molar-refractivity contribution in [2.24, 2.45) is 0 Å². The van der Waals surface area contributed by atoms with E-state index in [-0.39, 0.29) is 17.6 Å². The van der Waals surface area contributed by atoms with Gasteiger partial charge in [0.25, 0.3) is 5.56 Å². The summed E-state index contributed by atoms with van der Waals surface area (Å²) in [5, 5.41) is 14.3. The van der Waals surface area contributed by atoms with Gasteiger partial charge < -0.3 is 9.63 Å². The van der Waals surface area contributed by atoms with Gasteiger partial charge in [-0.05, 0) is 38.0 Å². The molecule has 1 saturated carbocycles. The maximum Gasteiger partial charge on any atom is 0.278 e. The molecular weight excluding hydrogens is 382 g/mol. The molecule has 1 atom stereocenters. The molecule has 1 N–H and O–H groups in total. The van der Waals surface area contributed by atoms with Crippen LogP contribution in [-0.4, -0.2) is 35.8 Å². The van der Waals surface area contributed by atoms with Crippen molar-refractivity contribution >= 4 is 28.2 Å². The molecule has 0 amide bonds. The molecule has 1 fully saturated rings. The van der Waals surface area contributed by atoms with Gasteiger partial charge in [0.1, 0.15) is 17.5 Å². The molecule has 1 unspecified atom stereocenters. The van der Waals surface area contributed by atoms with Gasteiger partial charge in [-0.3, -0.25) is 13.8 Å². The molecule has 0 spiro atoms. The average Bonchev–Trinajstić information content (AvgIpc) is 3.11. The lowest BCUT2D eigenvalue weighted by atomic mass is 10.1. The van der Waals surface area contributed by atoms with Gasteiger partial charge >= 0.3 is 0 Å². The molecule has 0 radical (unpaired) electrons. The van der Waals surface area contributed by atoms with Crippen LogP contribution >= 0.6 is 11.6 Å². The van der Waals surface area contributed by atoms with Crippen molar-refractivity contribution in [2.75, 3.05) is 6.61 Å². The van der Waals surface area contributed by atoms with Crippen molar-refractivity contribution in [2.45, 2.75) is 38.1 Å². The Kier molecular flexibility index (Phi) is 3.66. The monoisotopic (exact) mass is 399 g/mol. The second kappa shape index (κ2) is 5.89. The van der Waals surface area contributed by atoms with Gasteiger partial charge in [-0.2, -0.15) is 4.98 Å². The number of aliphatic hydroxyl groups is 1. The van der Waals surface area contributed by atoms with E-state index in [0.717, 1.165) is 18.4 Å². The first-order valence-corrected chi connectivity index (χ1v) is 9.47. The number of aliphatic hydroxyl groups excluding tert-OH is 1. The number of hydrogen-bond acceptors (Lipinski definition) is 6. The van der Waals surface area contributed by atoms with Crippen molar-refractivity contribution in [1.29, 1.82) is 0 Å². The number of fused-ring (bicyclic) bond motifs is 3. The zero-order chi connectivity index (χ0) is 19.6. The Morgan fingerprint density at radius 1 is 1.36 bits per heavy atom. The third-order valence-corrected chi connectivity index (χ3v) is 5.74. The lowest BCUT2D eigenvalue weighted by Gasteiger charge is -2.17. The van der Waals surface area contributed by atoms with Crippen LogP contribution < -0.4 is 5.56 Å². The van der Waals surface area contributed by atoms with E-state index in [2.05, 4.69) is 22.0 Å². The molecule has 0 bridgehead atoms. The quantitative estimate of drug-likeness (QED) is 0.566. The first kappa shape index (κ1) is 17.4. The molecule has 3 heterocycles. The van der Waals surface area contributed by atoms with Crippen molar-refractivity contribution in [3.63, 3.8) is 0 Å². The fourth-order valence-corrected chi connectivity index (χ4v) is 3.67. The standard InChI is InChI=1S/C19H18ClN5O3/c1-10(8-26)25-13-7-11(20)3-4-12(13)24-9-21-14(15(24)17(25)27)16-22-18(28-23-16)19(2)5-6-19/h3-4,7,9-10,26H,5-6,8H2,1-2H3. The molecular formula is C19H18ClN5O3. The van der Waals surface area contributed by atoms with Gasteiger partial charge in [0, 0.05) is 10.4 Å². The number of rotatable bonds is 4. The smallest absolute Gasteiger partial charge is 0.278 e. The molecule has 0 aliphatic heterocycles. The van der Waals surface area contributed by atoms with Crippen LogP contribution in [0.3, 0.4) is 0 Å². The summed E-state index contributed by atoms with van der Waals surface area (Å²) in [6, 6.07) is 4.85. The van der Waals surface area contributed by atoms with Crippen LogP contribution in [0.5, 0.6) is 0 Å². The number of hydrogen-bond donors (Lipinski definition) is 1. The normalized spacial score (nSPS) is 16.7. The third-order valence-electron chi connectivity index (χ3n) is 5.50. The Hall–Kier alpha value is -2.71. The summed E-state index contributed by atoms with van der Waals surface area (Å²) in [7, 11) is 0. The lowest BCUT2D eigenvalue weighted by molar-refractivity contribution is 0.239. The average molecular weight is 400 g/mol. The Bertz CT molecular complexity index is 1280. The zero-order valence-corrected chi connectivity index (χ0v) is 16.1. The molecule has 3 aromatic heterocycles. The van der Waals surface area contributed by atoms with E-state index < -0.39 is 6.04 Å². The molecule has 8 nitrogen and oxygen atoms in total. The fourth-order valence-electron chi connectivity index (χ4n) is 3.50. The van der Waals surface area contributed by atoms with Gasteiger partial charge in [0.05, 0.1) is 23.7 Å². The largest absolute Gasteiger partial charge is 0.394 e. The summed E-state index contributed by atoms with van der Waals surface area (Å²) in [5.41, 5.74) is 1.69. The molecule has 4 aromatic rings. The predicted octanol–water partition coefficient (Wildman–Crippen LogP) is 2.96. The highest BCUT2D eigenvalue weighted by molar-refractivity contribution is 6.31. The van der Waals surface area contributed by atoms with Gasteiger partial charge in [0.15, 0.2) is 0 Å². The minimum Gasteiger partial charge on any atom is -0.394 e. The van der Waals surface area contributed by atoms with E-state index in [1.54, 1.807) is 29.8 Å². The summed E-state index contributed by atoms with van der Waals surface area (Å²) in [4.78, 5) is 22.3. The van der Waals surface area contributed by atoms with E-state index >= 15 is 0 Å². The molecule has 1 aliphatic rings. The maximum atomic E-state index is 13.4. The van der Waals surface area contributed by atoms with E-state index in [9.17, 15) is 9.90 Å². The second-order valence-electron chi connectivity index (χ2n) is 7.64. The van der Waals surface area contributed by atoms with Gasteiger partial charge in [-0.15, -0.1) is 0 Å². The summed E-state index contributed by atoms with van der Waals surface area (Å²) in [5.74, 6) is 0.861. The number of imidazole rings is 1. The number of nitrogens with zero attached hydrogens (tertiary/aromatic N) is 5. The SMILES string of the molecule is CC(CO)n1c(=O)c2c(-c3noc(C4(C)CC4)n3)ncn2c2ccc(Cl)cc21. The minimum atomic E-state index is -0.438. The highest BCUT2D eigenvalue weighted by Gasteiger charge is 2.44. The Morgan fingerprint density at radius 3 is 2.86 bits per heavy atom.